The monoisotopic (exact) mass is 1000 g/mol. The predicted molar refractivity (Wildman–Crippen MR) is 312 cm³/mol. The summed E-state index contributed by atoms with van der Waals surface area (Å²) < 4.78 is 11.4. The summed E-state index contributed by atoms with van der Waals surface area (Å²) in [6.07, 6.45) is 1.92. The molecule has 10 aromatic rings. The van der Waals surface area contributed by atoms with Gasteiger partial charge in [0.25, 0.3) is 0 Å². The minimum atomic E-state index is -1.24. The highest BCUT2D eigenvalue weighted by Crippen LogP contribution is 2.48. The lowest BCUT2D eigenvalue weighted by Crippen LogP contribution is -2.38. The molecule has 0 fully saturated rings. The SMILES string of the molecule is CN(C)CCC(=O)c1cccc2ccccc12.COc1nc(-c2ccccc2)ccc1C(c1ccccc1)C(O)(CCN(C)C)c1cccc2ccccc12.COc1nc(-c2ccccc2)ccc1Cc1ccccc1. The molecule has 10 rings (SSSR count). The van der Waals surface area contributed by atoms with Gasteiger partial charge in [0.2, 0.25) is 11.8 Å². The molecule has 2 aromatic heterocycles. The molecule has 2 heterocycles. The van der Waals surface area contributed by atoms with Gasteiger partial charge in [0.15, 0.2) is 5.78 Å². The van der Waals surface area contributed by atoms with Gasteiger partial charge in [-0.15, -0.1) is 0 Å². The number of ether oxygens (including phenoxy) is 2. The number of benzene rings is 8. The Bertz CT molecular complexity index is 3410. The van der Waals surface area contributed by atoms with Gasteiger partial charge in [-0.25, -0.2) is 9.97 Å². The number of methoxy groups -OCH3 is 2. The van der Waals surface area contributed by atoms with Gasteiger partial charge in [0.1, 0.15) is 5.60 Å². The van der Waals surface area contributed by atoms with Gasteiger partial charge in [-0.05, 0) is 85.0 Å². The second-order valence-corrected chi connectivity index (χ2v) is 19.4. The van der Waals surface area contributed by atoms with Crippen LogP contribution in [0, 0.1) is 0 Å². The van der Waals surface area contributed by atoms with E-state index < -0.39 is 11.5 Å². The van der Waals surface area contributed by atoms with Crippen LogP contribution in [0.4, 0.5) is 0 Å². The van der Waals surface area contributed by atoms with Crippen molar-refractivity contribution >= 4 is 27.3 Å². The van der Waals surface area contributed by atoms with E-state index in [-0.39, 0.29) is 5.78 Å². The molecule has 0 saturated carbocycles. The highest BCUT2D eigenvalue weighted by atomic mass is 16.5. The maximum Gasteiger partial charge on any atom is 0.217 e. The van der Waals surface area contributed by atoms with Crippen molar-refractivity contribution in [3.8, 4) is 34.3 Å². The number of pyridine rings is 2. The van der Waals surface area contributed by atoms with E-state index in [1.165, 1.54) is 5.56 Å². The molecule has 384 valence electrons. The van der Waals surface area contributed by atoms with Crippen molar-refractivity contribution in [2.45, 2.75) is 30.8 Å². The van der Waals surface area contributed by atoms with Crippen molar-refractivity contribution in [1.82, 2.24) is 19.8 Å². The minimum Gasteiger partial charge on any atom is -0.481 e. The molecule has 0 aliphatic carbocycles. The smallest absolute Gasteiger partial charge is 0.217 e. The number of hydrogen-bond donors (Lipinski definition) is 1. The number of carbonyl (C=O) groups excluding carboxylic acids is 1. The largest absolute Gasteiger partial charge is 0.481 e. The molecule has 0 radical (unpaired) electrons. The molecule has 8 nitrogen and oxygen atoms in total. The number of fused-ring (bicyclic) bond motifs is 2. The van der Waals surface area contributed by atoms with Gasteiger partial charge in [-0.2, -0.15) is 0 Å². The van der Waals surface area contributed by atoms with E-state index in [0.717, 1.165) is 84.8 Å². The first-order valence-corrected chi connectivity index (χ1v) is 25.9. The Morgan fingerprint density at radius 2 is 1.00 bits per heavy atom. The lowest BCUT2D eigenvalue weighted by atomic mass is 9.70. The first-order valence-electron chi connectivity index (χ1n) is 25.9. The van der Waals surface area contributed by atoms with Gasteiger partial charge < -0.3 is 24.4 Å². The summed E-state index contributed by atoms with van der Waals surface area (Å²) in [7, 11) is 11.4. The van der Waals surface area contributed by atoms with Crippen LogP contribution in [0.25, 0.3) is 44.1 Å². The molecule has 2 unspecified atom stereocenters. The molecule has 1 N–H and O–H groups in total. The van der Waals surface area contributed by atoms with Crippen LogP contribution in [0.3, 0.4) is 0 Å². The summed E-state index contributed by atoms with van der Waals surface area (Å²) in [6.45, 7) is 1.50. The Balaban J connectivity index is 0.000000169. The van der Waals surface area contributed by atoms with Gasteiger partial charge in [-0.1, -0.05) is 218 Å². The zero-order valence-corrected chi connectivity index (χ0v) is 44.5. The summed E-state index contributed by atoms with van der Waals surface area (Å²) in [5.74, 6) is 1.01. The third-order valence-electron chi connectivity index (χ3n) is 13.6. The molecule has 8 aromatic carbocycles. The van der Waals surface area contributed by atoms with Gasteiger partial charge >= 0.3 is 0 Å². The Hall–Kier alpha value is -8.27. The molecule has 0 amide bonds. The molecule has 0 saturated heterocycles. The fourth-order valence-electron chi connectivity index (χ4n) is 9.69. The van der Waals surface area contributed by atoms with E-state index in [2.05, 4.69) is 88.7 Å². The highest BCUT2D eigenvalue weighted by Gasteiger charge is 2.43. The molecule has 0 spiro atoms. The summed E-state index contributed by atoms with van der Waals surface area (Å²) in [4.78, 5) is 25.8. The zero-order valence-electron chi connectivity index (χ0n) is 44.5. The Kier molecular flexibility index (Phi) is 18.7. The Labute approximate surface area is 448 Å². The minimum absolute atomic E-state index is 0.218. The first kappa shape index (κ1) is 54.0. The van der Waals surface area contributed by atoms with Gasteiger partial charge in [-0.3, -0.25) is 4.79 Å². The lowest BCUT2D eigenvalue weighted by Gasteiger charge is -2.39. The quantitative estimate of drug-likeness (QED) is 0.0903. The maximum atomic E-state index is 13.0. The van der Waals surface area contributed by atoms with Crippen LogP contribution < -0.4 is 9.47 Å². The third kappa shape index (κ3) is 13.5. The number of aromatic nitrogens is 2. The molecule has 0 aliphatic rings. The molecular weight excluding hydrogens is 937 g/mol. The highest BCUT2D eigenvalue weighted by molar-refractivity contribution is 6.08. The van der Waals surface area contributed by atoms with Crippen LogP contribution in [0.5, 0.6) is 11.8 Å². The predicted octanol–water partition coefficient (Wildman–Crippen LogP) is 14.2. The van der Waals surface area contributed by atoms with Crippen molar-refractivity contribution in [3.05, 3.63) is 264 Å². The van der Waals surface area contributed by atoms with Gasteiger partial charge in [0.05, 0.1) is 25.6 Å². The number of hydrogen-bond acceptors (Lipinski definition) is 8. The molecule has 2 atom stereocenters. The number of rotatable bonds is 17. The van der Waals surface area contributed by atoms with Crippen LogP contribution in [0.2, 0.25) is 0 Å². The van der Waals surface area contributed by atoms with E-state index in [1.807, 2.05) is 185 Å². The van der Waals surface area contributed by atoms with Crippen LogP contribution in [0.15, 0.2) is 231 Å². The molecule has 8 heteroatoms. The van der Waals surface area contributed by atoms with Crippen molar-refractivity contribution in [1.29, 1.82) is 0 Å². The standard InChI is InChI=1S/C34H34N2O2.C19H17NO.C15H17NO/c1-36(2)24-23-34(37,30-20-12-18-25-13-10-11-19-28(25)30)32(27-16-8-5-9-17-27)29-21-22-31(35-33(29)38-3)26-14-6-4-7-15-26;1-21-19-17(14-15-8-4-2-5-9-15)12-13-18(20-19)16-10-6-3-7-11-16;1-16(2)11-10-15(17)14-9-5-7-12-6-3-4-8-13(12)14/h4-22,32,37H,23-24H2,1-3H3;2-13H,14H2,1H3;3-9H,10-11H2,1-2H3. The number of aliphatic hydroxyl groups is 1. The summed E-state index contributed by atoms with van der Waals surface area (Å²) >= 11 is 0. The molecular formula is C68H68N4O4. The zero-order chi connectivity index (χ0) is 53.3. The van der Waals surface area contributed by atoms with E-state index in [0.29, 0.717) is 31.1 Å². The van der Waals surface area contributed by atoms with Crippen molar-refractivity contribution < 1.29 is 19.4 Å². The van der Waals surface area contributed by atoms with Gasteiger partial charge in [0, 0.05) is 59.7 Å². The number of Topliss-reactive ketones (excluding diaryl/α,β-unsaturated/α-hetero) is 1. The van der Waals surface area contributed by atoms with Crippen molar-refractivity contribution in [2.75, 3.05) is 55.5 Å². The Morgan fingerprint density at radius 1 is 0.513 bits per heavy atom. The van der Waals surface area contributed by atoms with E-state index in [9.17, 15) is 9.90 Å². The molecule has 76 heavy (non-hydrogen) atoms. The fraction of sp³-hybridized carbons (Fsp3) is 0.191. The topological polar surface area (TPSA) is 88.0 Å². The van der Waals surface area contributed by atoms with Crippen LogP contribution >= 0.6 is 0 Å². The normalized spacial score (nSPS) is 12.2. The van der Waals surface area contributed by atoms with E-state index >= 15 is 0 Å². The lowest BCUT2D eigenvalue weighted by molar-refractivity contribution is 0.00515. The summed E-state index contributed by atoms with van der Waals surface area (Å²) in [6, 6.07) is 77.4. The van der Waals surface area contributed by atoms with Crippen LogP contribution in [0.1, 0.15) is 56.9 Å². The fourth-order valence-corrected chi connectivity index (χ4v) is 9.69. The second kappa shape index (κ2) is 26.3. The van der Waals surface area contributed by atoms with Crippen molar-refractivity contribution in [3.63, 3.8) is 0 Å². The summed E-state index contributed by atoms with van der Waals surface area (Å²) in [5, 5.41) is 17.3. The van der Waals surface area contributed by atoms with Crippen LogP contribution in [-0.4, -0.2) is 86.2 Å². The first-order chi connectivity index (χ1) is 37.1. The van der Waals surface area contributed by atoms with E-state index in [1.54, 1.807) is 14.2 Å². The Morgan fingerprint density at radius 3 is 1.59 bits per heavy atom. The number of nitrogens with zero attached hydrogens (tertiary/aromatic N) is 4. The van der Waals surface area contributed by atoms with E-state index in [4.69, 9.17) is 14.5 Å². The molecule has 0 bridgehead atoms. The number of carbonyl (C=O) groups is 1. The van der Waals surface area contributed by atoms with Crippen LogP contribution in [-0.2, 0) is 12.0 Å². The second-order valence-electron chi connectivity index (χ2n) is 19.4. The maximum absolute atomic E-state index is 13.0. The molecule has 0 aliphatic heterocycles. The number of ketones is 1. The summed E-state index contributed by atoms with van der Waals surface area (Å²) in [5.41, 5.74) is 8.60. The van der Waals surface area contributed by atoms with Crippen molar-refractivity contribution in [2.24, 2.45) is 0 Å². The average Bonchev–Trinajstić information content (AvgIpc) is 3.49. The third-order valence-corrected chi connectivity index (χ3v) is 13.6. The average molecular weight is 1010 g/mol.